The molecule has 2 heterocycles. The van der Waals surface area contributed by atoms with E-state index in [0.717, 1.165) is 40.9 Å². The zero-order valence-electron chi connectivity index (χ0n) is 20.6. The molecule has 0 saturated carbocycles. The molecular weight excluding hydrogens is 452 g/mol. The van der Waals surface area contributed by atoms with E-state index < -0.39 is 17.5 Å². The SMILES string of the molecule is C[C@]1(c2ccc3ccccc3c2)NC(=O)N(CC(=O)NCc2ccccc2CN2CCCCC2)C1=O. The van der Waals surface area contributed by atoms with Crippen molar-refractivity contribution in [2.75, 3.05) is 19.6 Å². The first-order chi connectivity index (χ1) is 17.4. The van der Waals surface area contributed by atoms with Crippen molar-refractivity contribution >= 4 is 28.6 Å². The number of piperidine rings is 1. The molecule has 7 heteroatoms. The first-order valence-electron chi connectivity index (χ1n) is 12.6. The van der Waals surface area contributed by atoms with Crippen LogP contribution in [0, 0.1) is 0 Å². The number of fused-ring (bicyclic) bond motifs is 1. The zero-order chi connectivity index (χ0) is 25.1. The maximum atomic E-state index is 13.3. The van der Waals surface area contributed by atoms with Crippen LogP contribution in [-0.4, -0.2) is 47.3 Å². The summed E-state index contributed by atoms with van der Waals surface area (Å²) in [4.78, 5) is 42.3. The molecule has 36 heavy (non-hydrogen) atoms. The highest BCUT2D eigenvalue weighted by Crippen LogP contribution is 2.31. The minimum atomic E-state index is -1.22. The van der Waals surface area contributed by atoms with Gasteiger partial charge < -0.3 is 10.6 Å². The number of nitrogens with one attached hydrogen (secondary N) is 2. The first-order valence-corrected chi connectivity index (χ1v) is 12.6. The number of imide groups is 1. The number of hydrogen-bond donors (Lipinski definition) is 2. The van der Waals surface area contributed by atoms with E-state index >= 15 is 0 Å². The number of hydrogen-bond acceptors (Lipinski definition) is 4. The standard InChI is InChI=1S/C29H32N4O3/c1-29(25-14-13-21-9-3-4-10-22(21)17-25)27(35)33(28(36)31-29)20-26(34)30-18-23-11-5-6-12-24(23)19-32-15-7-2-8-16-32/h3-6,9-14,17H,2,7-8,15-16,18-20H2,1H3,(H,30,34)(H,31,36)/t29-/m1/s1. The lowest BCUT2D eigenvalue weighted by Crippen LogP contribution is -2.43. The smallest absolute Gasteiger partial charge is 0.325 e. The summed E-state index contributed by atoms with van der Waals surface area (Å²) in [6, 6.07) is 21.1. The highest BCUT2D eigenvalue weighted by Gasteiger charge is 2.49. The van der Waals surface area contributed by atoms with Gasteiger partial charge in [0.2, 0.25) is 5.91 Å². The summed E-state index contributed by atoms with van der Waals surface area (Å²) < 4.78 is 0. The third-order valence-corrected chi connectivity index (χ3v) is 7.34. The van der Waals surface area contributed by atoms with E-state index in [9.17, 15) is 14.4 Å². The molecule has 2 N–H and O–H groups in total. The molecule has 2 aliphatic rings. The zero-order valence-corrected chi connectivity index (χ0v) is 20.6. The Morgan fingerprint density at radius 2 is 1.61 bits per heavy atom. The van der Waals surface area contributed by atoms with Crippen molar-refractivity contribution in [1.29, 1.82) is 0 Å². The van der Waals surface area contributed by atoms with Gasteiger partial charge in [-0.3, -0.25) is 19.4 Å². The van der Waals surface area contributed by atoms with E-state index in [1.54, 1.807) is 6.92 Å². The summed E-state index contributed by atoms with van der Waals surface area (Å²) in [5.74, 6) is -0.794. The topological polar surface area (TPSA) is 81.8 Å². The minimum Gasteiger partial charge on any atom is -0.350 e. The molecule has 7 nitrogen and oxygen atoms in total. The van der Waals surface area contributed by atoms with Gasteiger partial charge in [-0.05, 0) is 66.4 Å². The maximum absolute atomic E-state index is 13.3. The highest BCUT2D eigenvalue weighted by atomic mass is 16.2. The van der Waals surface area contributed by atoms with Crippen molar-refractivity contribution in [3.8, 4) is 0 Å². The highest BCUT2D eigenvalue weighted by molar-refractivity contribution is 6.09. The van der Waals surface area contributed by atoms with Crippen LogP contribution in [0.25, 0.3) is 10.8 Å². The number of rotatable bonds is 7. The number of urea groups is 1. The molecule has 2 saturated heterocycles. The number of benzene rings is 3. The van der Waals surface area contributed by atoms with Crippen molar-refractivity contribution in [3.05, 3.63) is 83.4 Å². The predicted octanol–water partition coefficient (Wildman–Crippen LogP) is 3.91. The summed E-state index contributed by atoms with van der Waals surface area (Å²) in [5, 5.41) is 7.74. The van der Waals surface area contributed by atoms with E-state index in [-0.39, 0.29) is 12.5 Å². The van der Waals surface area contributed by atoms with E-state index in [4.69, 9.17) is 0 Å². The Labute approximate surface area is 211 Å². The molecule has 1 atom stereocenters. The summed E-state index contributed by atoms with van der Waals surface area (Å²) in [7, 11) is 0. The third kappa shape index (κ3) is 4.84. The van der Waals surface area contributed by atoms with E-state index in [1.165, 1.54) is 24.8 Å². The summed E-state index contributed by atoms with van der Waals surface area (Å²) in [5.41, 5.74) is 1.71. The Kier molecular flexibility index (Phi) is 6.74. The minimum absolute atomic E-state index is 0.317. The van der Waals surface area contributed by atoms with Crippen LogP contribution < -0.4 is 10.6 Å². The average molecular weight is 485 g/mol. The second-order valence-electron chi connectivity index (χ2n) is 9.89. The van der Waals surface area contributed by atoms with Crippen LogP contribution in [0.5, 0.6) is 0 Å². The fourth-order valence-corrected chi connectivity index (χ4v) is 5.17. The van der Waals surface area contributed by atoms with Crippen molar-refractivity contribution in [3.63, 3.8) is 0 Å². The van der Waals surface area contributed by atoms with Gasteiger partial charge in [-0.2, -0.15) is 0 Å². The van der Waals surface area contributed by atoms with Gasteiger partial charge in [0.05, 0.1) is 0 Å². The quantitative estimate of drug-likeness (QED) is 0.498. The van der Waals surface area contributed by atoms with Gasteiger partial charge in [0.25, 0.3) is 5.91 Å². The molecule has 0 aromatic heterocycles. The summed E-state index contributed by atoms with van der Waals surface area (Å²) in [6.45, 7) is 4.79. The fourth-order valence-electron chi connectivity index (χ4n) is 5.17. The van der Waals surface area contributed by atoms with Crippen LogP contribution in [0.3, 0.4) is 0 Å². The molecule has 0 aliphatic carbocycles. The van der Waals surface area contributed by atoms with Crippen LogP contribution in [0.4, 0.5) is 4.79 Å². The van der Waals surface area contributed by atoms with Crippen molar-refractivity contribution in [2.24, 2.45) is 0 Å². The second-order valence-corrected chi connectivity index (χ2v) is 9.89. The third-order valence-electron chi connectivity index (χ3n) is 7.34. The largest absolute Gasteiger partial charge is 0.350 e. The van der Waals surface area contributed by atoms with Crippen molar-refractivity contribution in [2.45, 2.75) is 44.8 Å². The van der Waals surface area contributed by atoms with Gasteiger partial charge in [0.1, 0.15) is 12.1 Å². The van der Waals surface area contributed by atoms with Crippen LogP contribution in [0.15, 0.2) is 66.7 Å². The summed E-state index contributed by atoms with van der Waals surface area (Å²) >= 11 is 0. The van der Waals surface area contributed by atoms with Crippen LogP contribution in [-0.2, 0) is 28.2 Å². The lowest BCUT2D eigenvalue weighted by atomic mass is 9.90. The molecule has 186 valence electrons. The number of likely N-dealkylation sites (tertiary alicyclic amines) is 1. The van der Waals surface area contributed by atoms with Crippen molar-refractivity contribution in [1.82, 2.24) is 20.4 Å². The van der Waals surface area contributed by atoms with E-state index in [2.05, 4.69) is 21.6 Å². The Morgan fingerprint density at radius 3 is 2.39 bits per heavy atom. The summed E-state index contributed by atoms with van der Waals surface area (Å²) in [6.07, 6.45) is 3.74. The van der Waals surface area contributed by atoms with Gasteiger partial charge in [-0.15, -0.1) is 0 Å². The number of nitrogens with zero attached hydrogens (tertiary/aromatic N) is 2. The van der Waals surface area contributed by atoms with Gasteiger partial charge in [-0.1, -0.05) is 67.1 Å². The lowest BCUT2D eigenvalue weighted by molar-refractivity contribution is -0.134. The van der Waals surface area contributed by atoms with Crippen LogP contribution >= 0.6 is 0 Å². The first kappa shape index (κ1) is 24.0. The Balaban J connectivity index is 1.23. The molecule has 0 bridgehead atoms. The Hall–Kier alpha value is -3.71. The molecule has 0 radical (unpaired) electrons. The molecule has 0 spiro atoms. The number of amides is 4. The van der Waals surface area contributed by atoms with Crippen LogP contribution in [0.2, 0.25) is 0 Å². The monoisotopic (exact) mass is 484 g/mol. The molecule has 4 amide bonds. The van der Waals surface area contributed by atoms with E-state index in [0.29, 0.717) is 12.1 Å². The van der Waals surface area contributed by atoms with Gasteiger partial charge in [0.15, 0.2) is 0 Å². The average Bonchev–Trinajstić information content (AvgIpc) is 3.12. The van der Waals surface area contributed by atoms with Crippen LogP contribution in [0.1, 0.15) is 42.9 Å². The number of carbonyl (C=O) groups excluding carboxylic acids is 3. The molecule has 0 unspecified atom stereocenters. The Morgan fingerprint density at radius 1 is 0.917 bits per heavy atom. The fraction of sp³-hybridized carbons (Fsp3) is 0.345. The van der Waals surface area contributed by atoms with Gasteiger partial charge >= 0.3 is 6.03 Å². The number of carbonyl (C=O) groups is 3. The van der Waals surface area contributed by atoms with E-state index in [1.807, 2.05) is 60.7 Å². The normalized spacial score (nSPS) is 20.5. The molecule has 2 fully saturated rings. The second kappa shape index (κ2) is 10.1. The van der Waals surface area contributed by atoms with Crippen molar-refractivity contribution < 1.29 is 14.4 Å². The predicted molar refractivity (Wildman–Crippen MR) is 139 cm³/mol. The molecule has 5 rings (SSSR count). The van der Waals surface area contributed by atoms with Gasteiger partial charge in [0, 0.05) is 13.1 Å². The molecular formula is C29H32N4O3. The Bertz CT molecular complexity index is 1300. The molecule has 3 aromatic carbocycles. The molecule has 2 aliphatic heterocycles. The lowest BCUT2D eigenvalue weighted by Gasteiger charge is -2.27. The maximum Gasteiger partial charge on any atom is 0.325 e. The van der Waals surface area contributed by atoms with Gasteiger partial charge in [-0.25, -0.2) is 4.79 Å². The molecule has 3 aromatic rings.